The maximum absolute atomic E-state index is 12.7. The number of allylic oxidation sites excluding steroid dienone is 1. The Hall–Kier alpha value is -1.89. The van der Waals surface area contributed by atoms with Gasteiger partial charge in [-0.15, -0.1) is 0 Å². The summed E-state index contributed by atoms with van der Waals surface area (Å²) in [7, 11) is 0. The van der Waals surface area contributed by atoms with Gasteiger partial charge in [-0.25, -0.2) is 4.39 Å². The first-order chi connectivity index (χ1) is 8.84. The van der Waals surface area contributed by atoms with E-state index in [1.54, 1.807) is 12.1 Å². The summed E-state index contributed by atoms with van der Waals surface area (Å²) >= 11 is 0. The van der Waals surface area contributed by atoms with E-state index in [1.165, 1.54) is 17.7 Å². The lowest BCUT2D eigenvalue weighted by atomic mass is 10.1. The first kappa shape index (κ1) is 12.6. The Morgan fingerprint density at radius 2 is 1.61 bits per heavy atom. The fourth-order valence-electron chi connectivity index (χ4n) is 1.86. The van der Waals surface area contributed by atoms with Gasteiger partial charge in [0.2, 0.25) is 0 Å². The maximum Gasteiger partial charge on any atom is 0.123 e. The lowest BCUT2D eigenvalue weighted by Gasteiger charge is -1.98. The predicted molar refractivity (Wildman–Crippen MR) is 74.8 cm³/mol. The average molecular weight is 240 g/mol. The van der Waals surface area contributed by atoms with Gasteiger partial charge >= 0.3 is 0 Å². The Morgan fingerprint density at radius 1 is 0.889 bits per heavy atom. The van der Waals surface area contributed by atoms with Crippen LogP contribution in [-0.2, 0) is 6.42 Å². The molecule has 2 rings (SSSR count). The summed E-state index contributed by atoms with van der Waals surface area (Å²) in [5.41, 5.74) is 2.43. The smallest absolute Gasteiger partial charge is 0.123 e. The van der Waals surface area contributed by atoms with E-state index in [4.69, 9.17) is 0 Å². The van der Waals surface area contributed by atoms with Crippen LogP contribution in [0.1, 0.15) is 24.0 Å². The van der Waals surface area contributed by atoms with Gasteiger partial charge in [0.15, 0.2) is 0 Å². The van der Waals surface area contributed by atoms with Gasteiger partial charge in [-0.05, 0) is 42.5 Å². The Kier molecular flexibility index (Phi) is 4.71. The third kappa shape index (κ3) is 4.17. The van der Waals surface area contributed by atoms with Crippen molar-refractivity contribution < 1.29 is 4.39 Å². The van der Waals surface area contributed by atoms with Gasteiger partial charge in [-0.2, -0.15) is 0 Å². The second kappa shape index (κ2) is 6.75. The summed E-state index contributed by atoms with van der Waals surface area (Å²) in [4.78, 5) is 0. The Labute approximate surface area is 108 Å². The lowest BCUT2D eigenvalue weighted by molar-refractivity contribution is 0.628. The molecule has 0 amide bonds. The number of benzene rings is 2. The Bertz CT molecular complexity index is 483. The van der Waals surface area contributed by atoms with Crippen molar-refractivity contribution in [2.45, 2.75) is 19.3 Å². The second-order valence-corrected chi connectivity index (χ2v) is 4.33. The van der Waals surface area contributed by atoms with Gasteiger partial charge in [-0.1, -0.05) is 54.6 Å². The number of rotatable bonds is 5. The molecule has 0 N–H and O–H groups in total. The number of unbranched alkanes of at least 4 members (excludes halogenated alkanes) is 1. The molecule has 0 atom stereocenters. The molecule has 0 saturated carbocycles. The van der Waals surface area contributed by atoms with Crippen LogP contribution in [0.3, 0.4) is 0 Å². The maximum atomic E-state index is 12.7. The average Bonchev–Trinajstić information content (AvgIpc) is 2.42. The van der Waals surface area contributed by atoms with E-state index < -0.39 is 0 Å². The summed E-state index contributed by atoms with van der Waals surface area (Å²) in [6, 6.07) is 17.1. The summed E-state index contributed by atoms with van der Waals surface area (Å²) in [6.45, 7) is 0. The number of halogens is 1. The molecule has 0 aliphatic carbocycles. The lowest BCUT2D eigenvalue weighted by Crippen LogP contribution is -1.83. The van der Waals surface area contributed by atoms with Gasteiger partial charge in [0, 0.05) is 0 Å². The van der Waals surface area contributed by atoms with Crippen LogP contribution in [0.5, 0.6) is 0 Å². The zero-order valence-electron chi connectivity index (χ0n) is 10.4. The van der Waals surface area contributed by atoms with Crippen molar-refractivity contribution in [3.8, 4) is 0 Å². The van der Waals surface area contributed by atoms with E-state index in [0.717, 1.165) is 24.8 Å². The van der Waals surface area contributed by atoms with Crippen LogP contribution in [-0.4, -0.2) is 0 Å². The number of hydrogen-bond donors (Lipinski definition) is 0. The molecule has 0 spiro atoms. The molecule has 0 nitrogen and oxygen atoms in total. The first-order valence-electron chi connectivity index (χ1n) is 6.30. The highest BCUT2D eigenvalue weighted by Crippen LogP contribution is 2.08. The molecule has 1 heteroatoms. The van der Waals surface area contributed by atoms with Gasteiger partial charge in [0.25, 0.3) is 0 Å². The summed E-state index contributed by atoms with van der Waals surface area (Å²) in [6.07, 6.45) is 7.49. The summed E-state index contributed by atoms with van der Waals surface area (Å²) < 4.78 is 12.7. The molecular formula is C17H17F. The van der Waals surface area contributed by atoms with Crippen LogP contribution in [0.15, 0.2) is 60.7 Å². The van der Waals surface area contributed by atoms with Crippen LogP contribution in [0.4, 0.5) is 4.39 Å². The van der Waals surface area contributed by atoms with Crippen molar-refractivity contribution in [1.82, 2.24) is 0 Å². The standard InChI is InChI=1S/C17H17F/c18-17-13-11-16(12-14-17)10-6-2-5-9-15-7-3-1-4-8-15/h1,3-4,6-8,10-14H,2,5,9H2. The highest BCUT2D eigenvalue weighted by Gasteiger charge is 1.91. The fourth-order valence-corrected chi connectivity index (χ4v) is 1.86. The molecule has 92 valence electrons. The van der Waals surface area contributed by atoms with Crippen LogP contribution in [0.25, 0.3) is 6.08 Å². The normalized spacial score (nSPS) is 10.9. The molecule has 0 aromatic heterocycles. The molecular weight excluding hydrogens is 223 g/mol. The van der Waals surface area contributed by atoms with Crippen LogP contribution < -0.4 is 0 Å². The van der Waals surface area contributed by atoms with E-state index >= 15 is 0 Å². The van der Waals surface area contributed by atoms with Crippen molar-refractivity contribution in [3.05, 3.63) is 77.6 Å². The predicted octanol–water partition coefficient (Wildman–Crippen LogP) is 4.86. The van der Waals surface area contributed by atoms with E-state index in [2.05, 4.69) is 30.3 Å². The fraction of sp³-hybridized carbons (Fsp3) is 0.176. The summed E-state index contributed by atoms with van der Waals surface area (Å²) in [5, 5.41) is 0. The highest BCUT2D eigenvalue weighted by atomic mass is 19.1. The Morgan fingerprint density at radius 3 is 2.33 bits per heavy atom. The zero-order valence-corrected chi connectivity index (χ0v) is 10.4. The zero-order chi connectivity index (χ0) is 12.6. The third-order valence-electron chi connectivity index (χ3n) is 2.86. The van der Waals surface area contributed by atoms with E-state index in [0.29, 0.717) is 0 Å². The second-order valence-electron chi connectivity index (χ2n) is 4.33. The van der Waals surface area contributed by atoms with Gasteiger partial charge < -0.3 is 0 Å². The highest BCUT2D eigenvalue weighted by molar-refractivity contribution is 5.48. The number of aryl methyl sites for hydroxylation is 1. The molecule has 0 aliphatic rings. The van der Waals surface area contributed by atoms with E-state index in [1.807, 2.05) is 12.1 Å². The van der Waals surface area contributed by atoms with Crippen molar-refractivity contribution in [1.29, 1.82) is 0 Å². The first-order valence-corrected chi connectivity index (χ1v) is 6.30. The van der Waals surface area contributed by atoms with Crippen molar-refractivity contribution >= 4 is 6.08 Å². The van der Waals surface area contributed by atoms with E-state index in [9.17, 15) is 4.39 Å². The molecule has 0 fully saturated rings. The quantitative estimate of drug-likeness (QED) is 0.654. The minimum absolute atomic E-state index is 0.184. The van der Waals surface area contributed by atoms with Crippen molar-refractivity contribution in [2.24, 2.45) is 0 Å². The van der Waals surface area contributed by atoms with Crippen molar-refractivity contribution in [3.63, 3.8) is 0 Å². The van der Waals surface area contributed by atoms with E-state index in [-0.39, 0.29) is 5.82 Å². The number of hydrogen-bond acceptors (Lipinski definition) is 0. The van der Waals surface area contributed by atoms with Gasteiger partial charge in [-0.3, -0.25) is 0 Å². The largest absolute Gasteiger partial charge is 0.207 e. The molecule has 0 heterocycles. The van der Waals surface area contributed by atoms with Crippen LogP contribution >= 0.6 is 0 Å². The molecule has 2 aromatic carbocycles. The summed E-state index contributed by atoms with van der Waals surface area (Å²) in [5.74, 6) is -0.184. The molecule has 0 bridgehead atoms. The van der Waals surface area contributed by atoms with Crippen molar-refractivity contribution in [2.75, 3.05) is 0 Å². The molecule has 0 saturated heterocycles. The van der Waals surface area contributed by atoms with Crippen LogP contribution in [0.2, 0.25) is 0 Å². The molecule has 0 radical (unpaired) electrons. The topological polar surface area (TPSA) is 0 Å². The minimum atomic E-state index is -0.184. The van der Waals surface area contributed by atoms with Gasteiger partial charge in [0.05, 0.1) is 0 Å². The Balaban J connectivity index is 1.74. The van der Waals surface area contributed by atoms with Gasteiger partial charge in [0.1, 0.15) is 5.82 Å². The molecule has 0 unspecified atom stereocenters. The van der Waals surface area contributed by atoms with Crippen LogP contribution in [0, 0.1) is 5.82 Å². The monoisotopic (exact) mass is 240 g/mol. The molecule has 2 aromatic rings. The molecule has 18 heavy (non-hydrogen) atoms. The third-order valence-corrected chi connectivity index (χ3v) is 2.86. The molecule has 0 aliphatic heterocycles. The minimum Gasteiger partial charge on any atom is -0.207 e. The SMILES string of the molecule is Fc1ccc(C=CCCCc2ccccc2)cc1.